The number of hydrogen-bond acceptors (Lipinski definition) is 5. The molecule has 0 radical (unpaired) electrons. The Balaban J connectivity index is 1.32. The third-order valence-corrected chi connectivity index (χ3v) is 8.79. The van der Waals surface area contributed by atoms with Crippen molar-refractivity contribution in [1.29, 1.82) is 0 Å². The normalized spacial score (nSPS) is 36.5. The highest BCUT2D eigenvalue weighted by Gasteiger charge is 2.45. The summed E-state index contributed by atoms with van der Waals surface area (Å²) in [5.41, 5.74) is 0. The van der Waals surface area contributed by atoms with Gasteiger partial charge in [0.25, 0.3) is 0 Å². The Morgan fingerprint density at radius 3 is 2.53 bits per heavy atom. The number of piperidine rings is 1. The van der Waals surface area contributed by atoms with E-state index >= 15 is 0 Å². The van der Waals surface area contributed by atoms with E-state index in [0.29, 0.717) is 17.5 Å². The molecular weight excluding hydrogens is 398 g/mol. The molecule has 3 unspecified atom stereocenters. The molecular formula is C24H42ClN3O2. The number of carbonyl (C=O) groups is 1. The first-order chi connectivity index (χ1) is 14.6. The summed E-state index contributed by atoms with van der Waals surface area (Å²) in [6.45, 7) is 4.16. The molecule has 4 aliphatic rings. The van der Waals surface area contributed by atoms with Crippen LogP contribution in [0.3, 0.4) is 0 Å². The van der Waals surface area contributed by atoms with Gasteiger partial charge in [-0.05, 0) is 63.3 Å². The van der Waals surface area contributed by atoms with Crippen LogP contribution in [0.1, 0.15) is 77.0 Å². The first-order valence-electron chi connectivity index (χ1n) is 12.6. The third kappa shape index (κ3) is 5.70. The maximum atomic E-state index is 12.5. The number of nitrogens with zero attached hydrogens (tertiary/aromatic N) is 2. The van der Waals surface area contributed by atoms with Gasteiger partial charge in [0.1, 0.15) is 6.04 Å². The van der Waals surface area contributed by atoms with E-state index < -0.39 is 0 Å². The largest absolute Gasteiger partial charge is 0.468 e. The molecule has 0 spiro atoms. The molecule has 172 valence electrons. The van der Waals surface area contributed by atoms with Crippen LogP contribution in [-0.4, -0.2) is 72.7 Å². The minimum absolute atomic E-state index is 0.0493. The Bertz CT molecular complexity index is 549. The van der Waals surface area contributed by atoms with Gasteiger partial charge in [-0.3, -0.25) is 19.9 Å². The first kappa shape index (κ1) is 22.8. The van der Waals surface area contributed by atoms with Gasteiger partial charge in [0.15, 0.2) is 0 Å². The van der Waals surface area contributed by atoms with E-state index in [4.69, 9.17) is 16.3 Å². The number of likely N-dealkylation sites (tertiary alicyclic amines) is 1. The summed E-state index contributed by atoms with van der Waals surface area (Å²) in [5, 5.41) is 4.10. The number of fused-ring (bicyclic) bond motifs is 1. The number of nitrogens with one attached hydrogen (secondary N) is 1. The molecule has 4 fully saturated rings. The van der Waals surface area contributed by atoms with Crippen LogP contribution in [0.2, 0.25) is 0 Å². The third-order valence-electron chi connectivity index (χ3n) is 8.35. The minimum atomic E-state index is -0.0817. The van der Waals surface area contributed by atoms with Crippen molar-refractivity contribution in [2.45, 2.75) is 101 Å². The van der Waals surface area contributed by atoms with Crippen molar-refractivity contribution in [3.05, 3.63) is 0 Å². The standard InChI is InChI=1S/C24H42ClN3O2/c1-30-24(29)22-14-21-23(16-27(22)13-5-8-18-6-3-2-4-7-18)28(17-26-21)15-19-9-11-20(25)12-10-19/h18-23,26H,2-17H2,1H3. The summed E-state index contributed by atoms with van der Waals surface area (Å²) in [7, 11) is 1.54. The Kier molecular flexibility index (Phi) is 8.35. The molecule has 4 rings (SSSR count). The molecule has 0 aromatic rings. The van der Waals surface area contributed by atoms with E-state index in [0.717, 1.165) is 38.0 Å². The second-order valence-corrected chi connectivity index (χ2v) is 11.0. The zero-order valence-electron chi connectivity index (χ0n) is 18.9. The van der Waals surface area contributed by atoms with E-state index in [-0.39, 0.29) is 12.0 Å². The average Bonchev–Trinajstić information content (AvgIpc) is 3.16. The van der Waals surface area contributed by atoms with Gasteiger partial charge >= 0.3 is 5.97 Å². The maximum absolute atomic E-state index is 12.5. The molecule has 2 aliphatic carbocycles. The molecule has 1 N–H and O–H groups in total. The van der Waals surface area contributed by atoms with Gasteiger partial charge in [0.05, 0.1) is 7.11 Å². The van der Waals surface area contributed by atoms with Gasteiger partial charge in [-0.2, -0.15) is 0 Å². The zero-order chi connectivity index (χ0) is 20.9. The molecule has 0 amide bonds. The number of halogens is 1. The molecule has 2 saturated carbocycles. The Morgan fingerprint density at radius 1 is 1.03 bits per heavy atom. The van der Waals surface area contributed by atoms with Crippen LogP contribution in [-0.2, 0) is 9.53 Å². The molecule has 0 aromatic heterocycles. The Morgan fingerprint density at radius 2 is 1.80 bits per heavy atom. The monoisotopic (exact) mass is 439 g/mol. The number of ether oxygens (including phenoxy) is 1. The van der Waals surface area contributed by atoms with Crippen LogP contribution in [0.25, 0.3) is 0 Å². The van der Waals surface area contributed by atoms with Gasteiger partial charge in [-0.25, -0.2) is 0 Å². The summed E-state index contributed by atoms with van der Waals surface area (Å²) in [5.74, 6) is 1.64. The quantitative estimate of drug-likeness (QED) is 0.480. The summed E-state index contributed by atoms with van der Waals surface area (Å²) < 4.78 is 5.19. The summed E-state index contributed by atoms with van der Waals surface area (Å²) >= 11 is 6.32. The fourth-order valence-corrected chi connectivity index (χ4v) is 6.76. The van der Waals surface area contributed by atoms with Crippen molar-refractivity contribution < 1.29 is 9.53 Å². The van der Waals surface area contributed by atoms with Crippen molar-refractivity contribution in [1.82, 2.24) is 15.1 Å². The molecule has 2 heterocycles. The van der Waals surface area contributed by atoms with Crippen LogP contribution in [0, 0.1) is 11.8 Å². The second-order valence-electron chi connectivity index (χ2n) is 10.3. The van der Waals surface area contributed by atoms with Crippen LogP contribution >= 0.6 is 11.6 Å². The topological polar surface area (TPSA) is 44.8 Å². The van der Waals surface area contributed by atoms with Crippen LogP contribution in [0.4, 0.5) is 0 Å². The lowest BCUT2D eigenvalue weighted by Crippen LogP contribution is -2.59. The number of alkyl halides is 1. The smallest absolute Gasteiger partial charge is 0.323 e. The number of methoxy groups -OCH3 is 1. The van der Waals surface area contributed by atoms with Crippen molar-refractivity contribution in [3.8, 4) is 0 Å². The van der Waals surface area contributed by atoms with E-state index in [9.17, 15) is 4.79 Å². The molecule has 0 bridgehead atoms. The molecule has 0 aromatic carbocycles. The molecule has 5 nitrogen and oxygen atoms in total. The van der Waals surface area contributed by atoms with E-state index in [1.54, 1.807) is 0 Å². The fraction of sp³-hybridized carbons (Fsp3) is 0.958. The average molecular weight is 440 g/mol. The number of esters is 1. The van der Waals surface area contributed by atoms with Crippen molar-refractivity contribution in [2.75, 3.05) is 33.4 Å². The van der Waals surface area contributed by atoms with E-state index in [1.807, 2.05) is 0 Å². The van der Waals surface area contributed by atoms with Crippen LogP contribution in [0.5, 0.6) is 0 Å². The van der Waals surface area contributed by atoms with Crippen LogP contribution in [0.15, 0.2) is 0 Å². The second kappa shape index (κ2) is 11.0. The van der Waals surface area contributed by atoms with E-state index in [1.165, 1.54) is 84.3 Å². The highest BCUT2D eigenvalue weighted by Crippen LogP contribution is 2.32. The molecule has 6 heteroatoms. The van der Waals surface area contributed by atoms with E-state index in [2.05, 4.69) is 15.1 Å². The highest BCUT2D eigenvalue weighted by atomic mass is 35.5. The minimum Gasteiger partial charge on any atom is -0.468 e. The first-order valence-corrected chi connectivity index (χ1v) is 13.0. The van der Waals surface area contributed by atoms with Crippen molar-refractivity contribution in [3.63, 3.8) is 0 Å². The van der Waals surface area contributed by atoms with Gasteiger partial charge < -0.3 is 4.74 Å². The SMILES string of the molecule is COC(=O)C1CC2NCN(CC3CCC(Cl)CC3)C2CN1CCCC1CCCCC1. The molecule has 3 atom stereocenters. The zero-order valence-corrected chi connectivity index (χ0v) is 19.6. The predicted octanol–water partition coefficient (Wildman–Crippen LogP) is 3.99. The Labute approximate surface area is 188 Å². The lowest BCUT2D eigenvalue weighted by atomic mass is 9.85. The lowest BCUT2D eigenvalue weighted by molar-refractivity contribution is -0.149. The summed E-state index contributed by atoms with van der Waals surface area (Å²) in [4.78, 5) is 17.7. The van der Waals surface area contributed by atoms with Gasteiger partial charge in [0, 0.05) is 37.2 Å². The highest BCUT2D eigenvalue weighted by molar-refractivity contribution is 6.20. The lowest BCUT2D eigenvalue weighted by Gasteiger charge is -2.43. The maximum Gasteiger partial charge on any atom is 0.323 e. The number of carbonyl (C=O) groups excluding carboxylic acids is 1. The Hall–Kier alpha value is -0.360. The number of hydrogen-bond donors (Lipinski definition) is 1. The van der Waals surface area contributed by atoms with Gasteiger partial charge in [0.2, 0.25) is 0 Å². The van der Waals surface area contributed by atoms with Crippen molar-refractivity contribution >= 4 is 17.6 Å². The van der Waals surface area contributed by atoms with Gasteiger partial charge in [-0.1, -0.05) is 32.1 Å². The van der Waals surface area contributed by atoms with Gasteiger partial charge in [-0.15, -0.1) is 11.6 Å². The number of rotatable bonds is 7. The molecule has 2 saturated heterocycles. The summed E-state index contributed by atoms with van der Waals surface area (Å²) in [6.07, 6.45) is 15.3. The van der Waals surface area contributed by atoms with Crippen molar-refractivity contribution in [2.24, 2.45) is 11.8 Å². The summed E-state index contributed by atoms with van der Waals surface area (Å²) in [6, 6.07) is 0.851. The predicted molar refractivity (Wildman–Crippen MR) is 122 cm³/mol. The molecule has 2 aliphatic heterocycles. The fourth-order valence-electron chi connectivity index (χ4n) is 6.51. The molecule has 30 heavy (non-hydrogen) atoms. The van der Waals surface area contributed by atoms with Crippen LogP contribution < -0.4 is 5.32 Å².